The van der Waals surface area contributed by atoms with Crippen LogP contribution >= 0.6 is 0 Å². The van der Waals surface area contributed by atoms with Gasteiger partial charge in [-0.05, 0) is 13.0 Å². The topological polar surface area (TPSA) is 60.9 Å². The summed E-state index contributed by atoms with van der Waals surface area (Å²) < 4.78 is 1.23. The summed E-state index contributed by atoms with van der Waals surface area (Å²) in [6.07, 6.45) is 0. The molecule has 0 aromatic carbocycles. The summed E-state index contributed by atoms with van der Waals surface area (Å²) in [7, 11) is 1.58. The molecule has 0 unspecified atom stereocenters. The fourth-order valence-corrected chi connectivity index (χ4v) is 0.786. The van der Waals surface area contributed by atoms with Crippen LogP contribution < -0.4 is 11.3 Å². The third kappa shape index (κ3) is 1.00. The van der Waals surface area contributed by atoms with Crippen molar-refractivity contribution in [3.05, 3.63) is 22.0 Å². The van der Waals surface area contributed by atoms with Gasteiger partial charge in [0.05, 0.1) is 0 Å². The van der Waals surface area contributed by atoms with E-state index < -0.39 is 0 Å². The number of aromatic nitrogens is 2. The molecule has 0 amide bonds. The highest BCUT2D eigenvalue weighted by atomic mass is 16.1. The SMILES string of the molecule is Cc1cc(N)nn(C)c1=O. The molecule has 0 saturated carbocycles. The van der Waals surface area contributed by atoms with Crippen molar-refractivity contribution in [1.82, 2.24) is 9.78 Å². The first-order valence-corrected chi connectivity index (χ1v) is 2.91. The molecule has 1 heterocycles. The van der Waals surface area contributed by atoms with Crippen LogP contribution in [0.15, 0.2) is 10.9 Å². The lowest BCUT2D eigenvalue weighted by Gasteiger charge is -1.98. The number of hydrogen-bond acceptors (Lipinski definition) is 3. The van der Waals surface area contributed by atoms with E-state index in [1.165, 1.54) is 4.68 Å². The number of aryl methyl sites for hydroxylation is 2. The molecule has 1 aromatic heterocycles. The van der Waals surface area contributed by atoms with E-state index in [1.807, 2.05) is 0 Å². The minimum Gasteiger partial charge on any atom is -0.382 e. The number of hydrogen-bond donors (Lipinski definition) is 1. The Bertz CT molecular complexity index is 276. The summed E-state index contributed by atoms with van der Waals surface area (Å²) in [5.74, 6) is 0.375. The van der Waals surface area contributed by atoms with Crippen LogP contribution in [0.1, 0.15) is 5.56 Å². The van der Waals surface area contributed by atoms with Gasteiger partial charge in [0.15, 0.2) is 0 Å². The quantitative estimate of drug-likeness (QED) is 0.535. The Morgan fingerprint density at radius 2 is 2.30 bits per heavy atom. The highest BCUT2D eigenvalue weighted by Crippen LogP contribution is 1.93. The van der Waals surface area contributed by atoms with Crippen molar-refractivity contribution < 1.29 is 0 Å². The normalized spacial score (nSPS) is 9.80. The van der Waals surface area contributed by atoms with Gasteiger partial charge in [-0.15, -0.1) is 0 Å². The zero-order valence-electron chi connectivity index (χ0n) is 5.96. The van der Waals surface area contributed by atoms with Gasteiger partial charge < -0.3 is 5.73 Å². The Hall–Kier alpha value is -1.32. The molecule has 0 radical (unpaired) electrons. The van der Waals surface area contributed by atoms with E-state index in [0.717, 1.165) is 0 Å². The lowest BCUT2D eigenvalue weighted by atomic mass is 10.3. The van der Waals surface area contributed by atoms with Crippen LogP contribution in [-0.2, 0) is 7.05 Å². The smallest absolute Gasteiger partial charge is 0.269 e. The van der Waals surface area contributed by atoms with E-state index >= 15 is 0 Å². The first kappa shape index (κ1) is 6.80. The van der Waals surface area contributed by atoms with E-state index in [1.54, 1.807) is 20.0 Å². The Kier molecular flexibility index (Phi) is 1.45. The summed E-state index contributed by atoms with van der Waals surface area (Å²) in [4.78, 5) is 11.0. The van der Waals surface area contributed by atoms with Gasteiger partial charge in [0, 0.05) is 12.6 Å². The molecule has 0 spiro atoms. The lowest BCUT2D eigenvalue weighted by molar-refractivity contribution is 0.707. The van der Waals surface area contributed by atoms with Crippen LogP contribution in [0.3, 0.4) is 0 Å². The van der Waals surface area contributed by atoms with Crippen LogP contribution in [0.4, 0.5) is 5.82 Å². The minimum atomic E-state index is -0.103. The first-order valence-electron chi connectivity index (χ1n) is 2.91. The molecule has 1 rings (SSSR count). The molecule has 0 aliphatic rings. The molecule has 0 fully saturated rings. The van der Waals surface area contributed by atoms with Gasteiger partial charge in [-0.2, -0.15) is 5.10 Å². The second-order valence-electron chi connectivity index (χ2n) is 2.18. The van der Waals surface area contributed by atoms with Crippen molar-refractivity contribution in [2.24, 2.45) is 7.05 Å². The Labute approximate surface area is 58.3 Å². The van der Waals surface area contributed by atoms with Gasteiger partial charge in [0.1, 0.15) is 5.82 Å². The Morgan fingerprint density at radius 3 is 2.80 bits per heavy atom. The third-order valence-corrected chi connectivity index (χ3v) is 1.26. The molecule has 4 nitrogen and oxygen atoms in total. The molecule has 0 aliphatic heterocycles. The molecule has 4 heteroatoms. The van der Waals surface area contributed by atoms with Crippen LogP contribution in [0.2, 0.25) is 0 Å². The zero-order chi connectivity index (χ0) is 7.72. The van der Waals surface area contributed by atoms with Crippen LogP contribution in [0, 0.1) is 6.92 Å². The van der Waals surface area contributed by atoms with Gasteiger partial charge in [-0.25, -0.2) is 4.68 Å². The third-order valence-electron chi connectivity index (χ3n) is 1.26. The molecule has 0 aliphatic carbocycles. The van der Waals surface area contributed by atoms with Gasteiger partial charge >= 0.3 is 0 Å². The monoisotopic (exact) mass is 139 g/mol. The number of nitrogens with zero attached hydrogens (tertiary/aromatic N) is 2. The Morgan fingerprint density at radius 1 is 1.70 bits per heavy atom. The van der Waals surface area contributed by atoms with E-state index in [0.29, 0.717) is 11.4 Å². The average Bonchev–Trinajstić information content (AvgIpc) is 1.82. The van der Waals surface area contributed by atoms with Crippen molar-refractivity contribution in [1.29, 1.82) is 0 Å². The van der Waals surface area contributed by atoms with Crippen molar-refractivity contribution in [3.8, 4) is 0 Å². The predicted octanol–water partition coefficient (Wildman–Crippen LogP) is -0.329. The average molecular weight is 139 g/mol. The predicted molar refractivity (Wildman–Crippen MR) is 38.6 cm³/mol. The summed E-state index contributed by atoms with van der Waals surface area (Å²) in [6, 6.07) is 1.56. The summed E-state index contributed by atoms with van der Waals surface area (Å²) in [5, 5.41) is 3.72. The van der Waals surface area contributed by atoms with Gasteiger partial charge in [-0.1, -0.05) is 0 Å². The fraction of sp³-hybridized carbons (Fsp3) is 0.333. The highest BCUT2D eigenvalue weighted by Gasteiger charge is 1.96. The van der Waals surface area contributed by atoms with Gasteiger partial charge in [0.2, 0.25) is 0 Å². The maximum Gasteiger partial charge on any atom is 0.269 e. The maximum atomic E-state index is 11.0. The molecule has 10 heavy (non-hydrogen) atoms. The van der Waals surface area contributed by atoms with Crippen molar-refractivity contribution >= 4 is 5.82 Å². The fourth-order valence-electron chi connectivity index (χ4n) is 0.786. The Balaban J connectivity index is 3.46. The molecule has 0 bridgehead atoms. The first-order chi connectivity index (χ1) is 4.61. The minimum absolute atomic E-state index is 0.103. The summed E-state index contributed by atoms with van der Waals surface area (Å²) >= 11 is 0. The van der Waals surface area contributed by atoms with E-state index in [9.17, 15) is 4.79 Å². The molecule has 1 aromatic rings. The van der Waals surface area contributed by atoms with Gasteiger partial charge in [-0.3, -0.25) is 4.79 Å². The molecular weight excluding hydrogens is 130 g/mol. The largest absolute Gasteiger partial charge is 0.382 e. The van der Waals surface area contributed by atoms with Crippen molar-refractivity contribution in [3.63, 3.8) is 0 Å². The number of rotatable bonds is 0. The lowest BCUT2D eigenvalue weighted by Crippen LogP contribution is -2.22. The van der Waals surface area contributed by atoms with E-state index in [4.69, 9.17) is 5.73 Å². The number of nitrogens with two attached hydrogens (primary N) is 1. The molecule has 0 saturated heterocycles. The van der Waals surface area contributed by atoms with Crippen LogP contribution in [0.25, 0.3) is 0 Å². The summed E-state index contributed by atoms with van der Waals surface area (Å²) in [5.41, 5.74) is 5.88. The van der Waals surface area contributed by atoms with Crippen LogP contribution in [-0.4, -0.2) is 9.78 Å². The highest BCUT2D eigenvalue weighted by molar-refractivity contribution is 5.28. The zero-order valence-corrected chi connectivity index (χ0v) is 5.96. The second kappa shape index (κ2) is 2.13. The summed E-state index contributed by atoms with van der Waals surface area (Å²) in [6.45, 7) is 1.71. The van der Waals surface area contributed by atoms with E-state index in [2.05, 4.69) is 5.10 Å². The van der Waals surface area contributed by atoms with Crippen molar-refractivity contribution in [2.75, 3.05) is 5.73 Å². The van der Waals surface area contributed by atoms with E-state index in [-0.39, 0.29) is 5.56 Å². The number of nitrogen functional groups attached to an aromatic ring is 1. The molecule has 2 N–H and O–H groups in total. The molecular formula is C6H9N3O. The standard InChI is InChI=1S/C6H9N3O/c1-4-3-5(7)8-9(2)6(4)10/h3H,1-2H3,(H2,7,8). The van der Waals surface area contributed by atoms with Gasteiger partial charge in [0.25, 0.3) is 5.56 Å². The molecule has 54 valence electrons. The maximum absolute atomic E-state index is 11.0. The number of anilines is 1. The van der Waals surface area contributed by atoms with Crippen LogP contribution in [0.5, 0.6) is 0 Å². The molecule has 0 atom stereocenters. The second-order valence-corrected chi connectivity index (χ2v) is 2.18. The van der Waals surface area contributed by atoms with Crippen molar-refractivity contribution in [2.45, 2.75) is 6.92 Å².